The number of carbonyl (C=O) groups excluding carboxylic acids is 2. The molecule has 1 atom stereocenters. The molecular formula is C16H29IO4. The molecule has 5 heteroatoms. The maximum absolute atomic E-state index is 11.7. The van der Waals surface area contributed by atoms with E-state index in [4.69, 9.17) is 9.47 Å². The molecule has 0 amide bonds. The number of esters is 2. The van der Waals surface area contributed by atoms with Crippen molar-refractivity contribution in [2.24, 2.45) is 0 Å². The number of alkyl halides is 1. The molecule has 0 fully saturated rings. The monoisotopic (exact) mass is 412 g/mol. The van der Waals surface area contributed by atoms with Crippen LogP contribution in [0.1, 0.15) is 71.6 Å². The van der Waals surface area contributed by atoms with Crippen LogP contribution >= 0.6 is 22.6 Å². The Morgan fingerprint density at radius 2 is 1.62 bits per heavy atom. The van der Waals surface area contributed by atoms with E-state index < -0.39 is 0 Å². The molecule has 0 radical (unpaired) electrons. The minimum Gasteiger partial charge on any atom is -0.466 e. The van der Waals surface area contributed by atoms with Gasteiger partial charge in [-0.1, -0.05) is 68.5 Å². The maximum atomic E-state index is 11.7. The molecule has 0 aromatic carbocycles. The summed E-state index contributed by atoms with van der Waals surface area (Å²) in [6.45, 7) is 4.59. The minimum absolute atomic E-state index is 0.161. The largest absolute Gasteiger partial charge is 0.466 e. The highest BCUT2D eigenvalue weighted by Gasteiger charge is 2.17. The van der Waals surface area contributed by atoms with Crippen molar-refractivity contribution in [3.63, 3.8) is 0 Å². The Labute approximate surface area is 142 Å². The van der Waals surface area contributed by atoms with E-state index >= 15 is 0 Å². The quantitative estimate of drug-likeness (QED) is 0.194. The van der Waals surface area contributed by atoms with E-state index in [2.05, 4.69) is 29.5 Å². The van der Waals surface area contributed by atoms with Gasteiger partial charge in [0.1, 0.15) is 6.10 Å². The van der Waals surface area contributed by atoms with E-state index in [1.807, 2.05) is 6.92 Å². The molecule has 4 nitrogen and oxygen atoms in total. The van der Waals surface area contributed by atoms with Gasteiger partial charge in [0.2, 0.25) is 0 Å². The molecule has 1 unspecified atom stereocenters. The Morgan fingerprint density at radius 3 is 2.24 bits per heavy atom. The molecule has 0 aliphatic carbocycles. The lowest BCUT2D eigenvalue weighted by Crippen LogP contribution is -2.24. The van der Waals surface area contributed by atoms with Gasteiger partial charge in [-0.2, -0.15) is 0 Å². The van der Waals surface area contributed by atoms with Crippen molar-refractivity contribution in [3.05, 3.63) is 0 Å². The molecule has 0 N–H and O–H groups in total. The number of unbranched alkanes of at least 4 members (excludes halogenated alkanes) is 5. The molecule has 0 bridgehead atoms. The molecule has 0 aliphatic rings. The van der Waals surface area contributed by atoms with Crippen LogP contribution in [0, 0.1) is 0 Å². The summed E-state index contributed by atoms with van der Waals surface area (Å²) in [7, 11) is 0. The maximum Gasteiger partial charge on any atom is 0.309 e. The van der Waals surface area contributed by atoms with Crippen LogP contribution in [0.15, 0.2) is 0 Å². The van der Waals surface area contributed by atoms with Crippen LogP contribution in [0.5, 0.6) is 0 Å². The summed E-state index contributed by atoms with van der Waals surface area (Å²) in [6.07, 6.45) is 7.97. The van der Waals surface area contributed by atoms with E-state index in [1.165, 1.54) is 25.7 Å². The number of ether oxygens (including phenoxy) is 2. The van der Waals surface area contributed by atoms with Gasteiger partial charge in [-0.25, -0.2) is 0 Å². The van der Waals surface area contributed by atoms with E-state index in [1.54, 1.807) is 0 Å². The number of halogens is 1. The zero-order valence-electron chi connectivity index (χ0n) is 13.4. The fourth-order valence-electron chi connectivity index (χ4n) is 1.89. The number of hydrogen-bond acceptors (Lipinski definition) is 4. The summed E-state index contributed by atoms with van der Waals surface area (Å²) in [5.41, 5.74) is 0. The second-order valence-corrected chi connectivity index (χ2v) is 6.09. The summed E-state index contributed by atoms with van der Waals surface area (Å²) in [5, 5.41) is 0. The highest BCUT2D eigenvalue weighted by atomic mass is 127. The third-order valence-corrected chi connectivity index (χ3v) is 4.06. The normalized spacial score (nSPS) is 12.0. The first-order valence-electron chi connectivity index (χ1n) is 8.05. The number of carbonyl (C=O) groups is 2. The molecular weight excluding hydrogens is 383 g/mol. The lowest BCUT2D eigenvalue weighted by molar-refractivity contribution is -0.153. The van der Waals surface area contributed by atoms with Gasteiger partial charge in [0.25, 0.3) is 0 Å². The number of rotatable bonds is 13. The van der Waals surface area contributed by atoms with Gasteiger partial charge in [-0.15, -0.1) is 0 Å². The average Bonchev–Trinajstić information content (AvgIpc) is 2.45. The minimum atomic E-state index is -0.360. The fourth-order valence-corrected chi connectivity index (χ4v) is 2.38. The first-order chi connectivity index (χ1) is 10.1. The molecule has 0 aliphatic heterocycles. The molecule has 0 saturated carbocycles. The predicted molar refractivity (Wildman–Crippen MR) is 92.6 cm³/mol. The summed E-state index contributed by atoms with van der Waals surface area (Å²) in [4.78, 5) is 23.1. The zero-order chi connectivity index (χ0) is 15.9. The molecule has 0 rings (SSSR count). The first kappa shape index (κ1) is 20.7. The Bertz CT molecular complexity index is 281. The van der Waals surface area contributed by atoms with Gasteiger partial charge in [0.05, 0.1) is 13.0 Å². The van der Waals surface area contributed by atoms with E-state index in [0.717, 1.165) is 19.3 Å². The lowest BCUT2D eigenvalue weighted by atomic mass is 10.1. The standard InChI is InChI=1S/C16H29IO4/c1-3-5-6-7-8-9-11-20-16(19)12-14(13-17)21-15(18)10-4-2/h14H,3-13H2,1-2H3. The SMILES string of the molecule is CCCCCCCCOC(=O)CC(CI)OC(=O)CCC. The topological polar surface area (TPSA) is 52.6 Å². The van der Waals surface area contributed by atoms with Crippen LogP contribution in [-0.4, -0.2) is 29.1 Å². The Morgan fingerprint density at radius 1 is 0.952 bits per heavy atom. The van der Waals surface area contributed by atoms with Crippen molar-refractivity contribution in [2.45, 2.75) is 77.7 Å². The average molecular weight is 412 g/mol. The molecule has 0 saturated heterocycles. The lowest BCUT2D eigenvalue weighted by Gasteiger charge is -2.14. The summed E-state index contributed by atoms with van der Waals surface area (Å²) < 4.78 is 11.0. The smallest absolute Gasteiger partial charge is 0.309 e. The van der Waals surface area contributed by atoms with Crippen molar-refractivity contribution in [2.75, 3.05) is 11.0 Å². The second-order valence-electron chi connectivity index (χ2n) is 5.21. The molecule has 21 heavy (non-hydrogen) atoms. The van der Waals surface area contributed by atoms with Crippen LogP contribution < -0.4 is 0 Å². The van der Waals surface area contributed by atoms with Crippen LogP contribution in [0.4, 0.5) is 0 Å². The van der Waals surface area contributed by atoms with Crippen LogP contribution in [-0.2, 0) is 19.1 Å². The van der Waals surface area contributed by atoms with Gasteiger partial charge >= 0.3 is 11.9 Å². The molecule has 124 valence electrons. The van der Waals surface area contributed by atoms with E-state index in [9.17, 15) is 9.59 Å². The van der Waals surface area contributed by atoms with Crippen LogP contribution in [0.2, 0.25) is 0 Å². The van der Waals surface area contributed by atoms with Crippen molar-refractivity contribution in [1.82, 2.24) is 0 Å². The molecule has 0 aromatic heterocycles. The van der Waals surface area contributed by atoms with E-state index in [-0.39, 0.29) is 24.5 Å². The Kier molecular flexibility index (Phi) is 14.4. The van der Waals surface area contributed by atoms with Gasteiger partial charge in [0.15, 0.2) is 0 Å². The third kappa shape index (κ3) is 13.1. The molecule has 0 spiro atoms. The van der Waals surface area contributed by atoms with Crippen molar-refractivity contribution in [3.8, 4) is 0 Å². The van der Waals surface area contributed by atoms with Crippen LogP contribution in [0.25, 0.3) is 0 Å². The van der Waals surface area contributed by atoms with Gasteiger partial charge < -0.3 is 9.47 Å². The predicted octanol–water partition coefficient (Wildman–Crippen LogP) is 4.43. The molecule has 0 heterocycles. The summed E-state index contributed by atoms with van der Waals surface area (Å²) in [5.74, 6) is -0.502. The highest BCUT2D eigenvalue weighted by Crippen LogP contribution is 2.09. The van der Waals surface area contributed by atoms with Gasteiger partial charge in [-0.3, -0.25) is 9.59 Å². The third-order valence-electron chi connectivity index (χ3n) is 3.08. The van der Waals surface area contributed by atoms with E-state index in [0.29, 0.717) is 17.5 Å². The van der Waals surface area contributed by atoms with Gasteiger partial charge in [0, 0.05) is 10.8 Å². The fraction of sp³-hybridized carbons (Fsp3) is 0.875. The summed E-state index contributed by atoms with van der Waals surface area (Å²) >= 11 is 2.12. The Balaban J connectivity index is 3.68. The van der Waals surface area contributed by atoms with Crippen LogP contribution in [0.3, 0.4) is 0 Å². The summed E-state index contributed by atoms with van der Waals surface area (Å²) in [6, 6.07) is 0. The van der Waals surface area contributed by atoms with Crippen molar-refractivity contribution >= 4 is 34.5 Å². The van der Waals surface area contributed by atoms with Crippen molar-refractivity contribution < 1.29 is 19.1 Å². The Hall–Kier alpha value is -0.330. The molecule has 0 aromatic rings. The van der Waals surface area contributed by atoms with Crippen molar-refractivity contribution in [1.29, 1.82) is 0 Å². The number of hydrogen-bond donors (Lipinski definition) is 0. The second kappa shape index (κ2) is 14.6. The zero-order valence-corrected chi connectivity index (χ0v) is 15.5. The van der Waals surface area contributed by atoms with Gasteiger partial charge in [-0.05, 0) is 12.8 Å². The first-order valence-corrected chi connectivity index (χ1v) is 9.57. The highest BCUT2D eigenvalue weighted by molar-refractivity contribution is 14.1.